The van der Waals surface area contributed by atoms with Crippen molar-refractivity contribution in [3.05, 3.63) is 0 Å². The van der Waals surface area contributed by atoms with Crippen LogP contribution in [-0.4, -0.2) is 65.7 Å². The Balaban J connectivity index is 4.16. The normalized spacial score (nSPS) is 13.8. The summed E-state index contributed by atoms with van der Waals surface area (Å²) in [6.07, 6.45) is 35.1. The predicted molar refractivity (Wildman–Crippen MR) is 215 cm³/mol. The molecular formula is C42H83O10P. The number of phosphoric acid groups is 1. The zero-order valence-corrected chi connectivity index (χ0v) is 35.2. The molecule has 0 saturated heterocycles. The van der Waals surface area contributed by atoms with Crippen LogP contribution in [-0.2, 0) is 32.7 Å². The Labute approximate surface area is 324 Å². The van der Waals surface area contributed by atoms with Crippen LogP contribution in [0.3, 0.4) is 0 Å². The topological polar surface area (TPSA) is 149 Å². The van der Waals surface area contributed by atoms with Gasteiger partial charge in [0.2, 0.25) is 0 Å². The van der Waals surface area contributed by atoms with E-state index in [1.807, 2.05) is 0 Å². The number of hydrogen-bond acceptors (Lipinski definition) is 9. The summed E-state index contributed by atoms with van der Waals surface area (Å²) >= 11 is 0. The Morgan fingerprint density at radius 1 is 0.491 bits per heavy atom. The van der Waals surface area contributed by atoms with Gasteiger partial charge in [0.25, 0.3) is 0 Å². The number of ether oxygens (including phenoxy) is 2. The van der Waals surface area contributed by atoms with Crippen molar-refractivity contribution < 1.29 is 47.8 Å². The number of phosphoric ester groups is 1. The molecular weight excluding hydrogens is 695 g/mol. The zero-order chi connectivity index (χ0) is 39.1. The quantitative estimate of drug-likeness (QED) is 0.0310. The van der Waals surface area contributed by atoms with E-state index in [0.29, 0.717) is 12.8 Å². The van der Waals surface area contributed by atoms with Crippen LogP contribution in [0, 0.1) is 0 Å². The van der Waals surface area contributed by atoms with E-state index < -0.39 is 51.8 Å². The van der Waals surface area contributed by atoms with E-state index in [1.54, 1.807) is 0 Å². The van der Waals surface area contributed by atoms with Crippen molar-refractivity contribution in [1.82, 2.24) is 0 Å². The molecule has 53 heavy (non-hydrogen) atoms. The summed E-state index contributed by atoms with van der Waals surface area (Å²) in [5.41, 5.74) is 0. The van der Waals surface area contributed by atoms with Gasteiger partial charge in [0.15, 0.2) is 6.10 Å². The van der Waals surface area contributed by atoms with Gasteiger partial charge in [-0.2, -0.15) is 0 Å². The second kappa shape index (κ2) is 39.2. The molecule has 3 N–H and O–H groups in total. The van der Waals surface area contributed by atoms with Crippen molar-refractivity contribution in [2.24, 2.45) is 0 Å². The average Bonchev–Trinajstić information content (AvgIpc) is 3.14. The lowest BCUT2D eigenvalue weighted by atomic mass is 10.0. The van der Waals surface area contributed by atoms with E-state index in [1.165, 1.54) is 141 Å². The molecule has 3 unspecified atom stereocenters. The summed E-state index contributed by atoms with van der Waals surface area (Å²) in [7, 11) is -4.61. The average molecular weight is 779 g/mol. The number of aliphatic hydroxyl groups is 2. The molecule has 0 saturated carbocycles. The molecule has 0 bridgehead atoms. The highest BCUT2D eigenvalue weighted by Gasteiger charge is 2.27. The second-order valence-electron chi connectivity index (χ2n) is 15.1. The summed E-state index contributed by atoms with van der Waals surface area (Å²) in [5, 5.41) is 18.3. The van der Waals surface area contributed by atoms with E-state index >= 15 is 0 Å². The largest absolute Gasteiger partial charge is 0.472 e. The van der Waals surface area contributed by atoms with Gasteiger partial charge in [0.1, 0.15) is 12.7 Å². The molecule has 11 heteroatoms. The smallest absolute Gasteiger partial charge is 0.462 e. The highest BCUT2D eigenvalue weighted by Crippen LogP contribution is 2.43. The van der Waals surface area contributed by atoms with Crippen LogP contribution in [0.4, 0.5) is 0 Å². The van der Waals surface area contributed by atoms with E-state index in [0.717, 1.165) is 38.5 Å². The Morgan fingerprint density at radius 2 is 0.811 bits per heavy atom. The Kier molecular flexibility index (Phi) is 38.5. The first-order chi connectivity index (χ1) is 25.7. The summed E-state index contributed by atoms with van der Waals surface area (Å²) in [4.78, 5) is 34.9. The van der Waals surface area contributed by atoms with Crippen molar-refractivity contribution in [2.75, 3.05) is 26.4 Å². The van der Waals surface area contributed by atoms with Gasteiger partial charge in [-0.3, -0.25) is 18.6 Å². The van der Waals surface area contributed by atoms with Crippen LogP contribution < -0.4 is 0 Å². The summed E-state index contributed by atoms with van der Waals surface area (Å²) in [6, 6.07) is 0. The van der Waals surface area contributed by atoms with Crippen molar-refractivity contribution in [3.8, 4) is 0 Å². The number of hydrogen-bond donors (Lipinski definition) is 3. The highest BCUT2D eigenvalue weighted by molar-refractivity contribution is 7.47. The van der Waals surface area contributed by atoms with E-state index in [9.17, 15) is 24.2 Å². The lowest BCUT2D eigenvalue weighted by Gasteiger charge is -2.20. The lowest BCUT2D eigenvalue weighted by Crippen LogP contribution is -2.29. The van der Waals surface area contributed by atoms with Crippen molar-refractivity contribution >= 4 is 19.8 Å². The second-order valence-corrected chi connectivity index (χ2v) is 16.5. The maximum atomic E-state index is 12.6. The number of aliphatic hydroxyl groups excluding tert-OH is 2. The van der Waals surface area contributed by atoms with Gasteiger partial charge in [0, 0.05) is 12.8 Å². The molecule has 10 nitrogen and oxygen atoms in total. The molecule has 0 aliphatic rings. The van der Waals surface area contributed by atoms with Gasteiger partial charge in [-0.05, 0) is 12.8 Å². The molecule has 0 aliphatic heterocycles. The van der Waals surface area contributed by atoms with Gasteiger partial charge in [-0.25, -0.2) is 4.57 Å². The van der Waals surface area contributed by atoms with Crippen molar-refractivity contribution in [2.45, 2.75) is 232 Å². The summed E-state index contributed by atoms with van der Waals surface area (Å²) < 4.78 is 32.7. The predicted octanol–water partition coefficient (Wildman–Crippen LogP) is 11.5. The molecule has 0 amide bonds. The molecule has 0 rings (SSSR count). The fourth-order valence-corrected chi connectivity index (χ4v) is 7.14. The lowest BCUT2D eigenvalue weighted by molar-refractivity contribution is -0.161. The van der Waals surface area contributed by atoms with Crippen LogP contribution in [0.25, 0.3) is 0 Å². The van der Waals surface area contributed by atoms with Crippen LogP contribution in [0.2, 0.25) is 0 Å². The van der Waals surface area contributed by atoms with Crippen LogP contribution in [0.1, 0.15) is 219 Å². The minimum absolute atomic E-state index is 0.192. The van der Waals surface area contributed by atoms with Crippen molar-refractivity contribution in [3.63, 3.8) is 0 Å². The standard InChI is InChI=1S/C42H83O10P/c1-3-5-7-9-11-13-15-16-17-18-19-20-21-22-23-24-26-28-30-32-34-42(46)52-40(38-51-53(47,48)50-36-39(44)35-43)37-49-41(45)33-31-29-27-25-14-12-10-8-6-4-2/h39-40,43-44H,3-38H2,1-2H3,(H,47,48). The third-order valence-electron chi connectivity index (χ3n) is 9.76. The number of unbranched alkanes of at least 4 members (excludes halogenated alkanes) is 28. The molecule has 316 valence electrons. The fourth-order valence-electron chi connectivity index (χ4n) is 6.35. The fraction of sp³-hybridized carbons (Fsp3) is 0.952. The first-order valence-corrected chi connectivity index (χ1v) is 23.5. The maximum Gasteiger partial charge on any atom is 0.472 e. The third kappa shape index (κ3) is 39.0. The molecule has 0 aromatic heterocycles. The molecule has 0 heterocycles. The van der Waals surface area contributed by atoms with E-state index in [-0.39, 0.29) is 19.4 Å². The number of carbonyl (C=O) groups excluding carboxylic acids is 2. The first kappa shape index (κ1) is 52.0. The number of esters is 2. The molecule has 0 radical (unpaired) electrons. The Bertz CT molecular complexity index is 858. The minimum atomic E-state index is -4.61. The highest BCUT2D eigenvalue weighted by atomic mass is 31.2. The van der Waals surface area contributed by atoms with Crippen LogP contribution >= 0.6 is 7.82 Å². The van der Waals surface area contributed by atoms with Gasteiger partial charge >= 0.3 is 19.8 Å². The third-order valence-corrected chi connectivity index (χ3v) is 10.7. The molecule has 0 spiro atoms. The van der Waals surface area contributed by atoms with Crippen LogP contribution in [0.15, 0.2) is 0 Å². The maximum absolute atomic E-state index is 12.6. The van der Waals surface area contributed by atoms with Crippen LogP contribution in [0.5, 0.6) is 0 Å². The van der Waals surface area contributed by atoms with Gasteiger partial charge in [-0.1, -0.05) is 194 Å². The first-order valence-electron chi connectivity index (χ1n) is 22.0. The van der Waals surface area contributed by atoms with E-state index in [4.69, 9.17) is 19.1 Å². The monoisotopic (exact) mass is 779 g/mol. The Morgan fingerprint density at radius 3 is 1.17 bits per heavy atom. The molecule has 0 aromatic carbocycles. The summed E-state index contributed by atoms with van der Waals surface area (Å²) in [5.74, 6) is -0.912. The van der Waals surface area contributed by atoms with Gasteiger partial charge < -0.3 is 24.6 Å². The van der Waals surface area contributed by atoms with E-state index in [2.05, 4.69) is 18.4 Å². The molecule has 0 aliphatic carbocycles. The zero-order valence-electron chi connectivity index (χ0n) is 34.3. The van der Waals surface area contributed by atoms with Crippen molar-refractivity contribution in [1.29, 1.82) is 0 Å². The number of rotatable bonds is 42. The molecule has 0 aromatic rings. The SMILES string of the molecule is CCCCCCCCCCCCCCCCCCCCCCC(=O)OC(COC(=O)CCCCCCCCCCCC)COP(=O)(O)OCC(O)CO. The molecule has 0 fully saturated rings. The van der Waals surface area contributed by atoms with Gasteiger partial charge in [-0.15, -0.1) is 0 Å². The Hall–Kier alpha value is -1.03. The number of carbonyl (C=O) groups is 2. The van der Waals surface area contributed by atoms with Gasteiger partial charge in [0.05, 0.1) is 19.8 Å². The summed E-state index contributed by atoms with van der Waals surface area (Å²) in [6.45, 7) is 2.40. The molecule has 3 atom stereocenters. The minimum Gasteiger partial charge on any atom is -0.462 e.